The summed E-state index contributed by atoms with van der Waals surface area (Å²) in [5.41, 5.74) is 0.877. The van der Waals surface area contributed by atoms with E-state index in [0.717, 1.165) is 11.1 Å². The quantitative estimate of drug-likeness (QED) is 0.524. The number of rotatable bonds is 12. The third-order valence-electron chi connectivity index (χ3n) is 4.82. The fraction of sp³-hybridized carbons (Fsp3) is 0.400. The van der Waals surface area contributed by atoms with Gasteiger partial charge in [0.05, 0.1) is 25.9 Å². The molecule has 0 fully saturated rings. The Labute approximate surface area is 189 Å². The molecule has 0 saturated carbocycles. The molecule has 0 spiro atoms. The van der Waals surface area contributed by atoms with E-state index in [1.165, 1.54) is 0 Å². The minimum Gasteiger partial charge on any atom is -0.450 e. The van der Waals surface area contributed by atoms with Crippen LogP contribution >= 0.6 is 0 Å². The van der Waals surface area contributed by atoms with Gasteiger partial charge in [-0.05, 0) is 30.4 Å². The van der Waals surface area contributed by atoms with Crippen molar-refractivity contribution in [3.63, 3.8) is 0 Å². The summed E-state index contributed by atoms with van der Waals surface area (Å²) in [6.45, 7) is 4.61. The van der Waals surface area contributed by atoms with Gasteiger partial charge >= 0.3 is 6.09 Å². The lowest BCUT2D eigenvalue weighted by molar-refractivity contribution is -0.123. The third-order valence-corrected chi connectivity index (χ3v) is 4.82. The van der Waals surface area contributed by atoms with Crippen molar-refractivity contribution in [3.05, 3.63) is 71.8 Å². The summed E-state index contributed by atoms with van der Waals surface area (Å²) in [6, 6.07) is 21.3. The van der Waals surface area contributed by atoms with E-state index in [1.807, 2.05) is 67.6 Å². The average molecular weight is 438 g/mol. The molecule has 0 aromatic heterocycles. The Kier molecular flexibility index (Phi) is 10.2. The van der Waals surface area contributed by atoms with Crippen molar-refractivity contribution in [2.24, 2.45) is 5.92 Å². The van der Waals surface area contributed by atoms with Crippen molar-refractivity contribution in [2.75, 3.05) is 13.2 Å². The highest BCUT2D eigenvalue weighted by Crippen LogP contribution is 2.11. The van der Waals surface area contributed by atoms with Crippen LogP contribution in [0.3, 0.4) is 0 Å². The van der Waals surface area contributed by atoms with E-state index < -0.39 is 11.6 Å². The molecule has 2 rings (SSSR count). The fourth-order valence-electron chi connectivity index (χ4n) is 2.99. The zero-order valence-corrected chi connectivity index (χ0v) is 18.7. The Morgan fingerprint density at radius 2 is 1.69 bits per heavy atom. The molecule has 7 heteroatoms. The van der Waals surface area contributed by atoms with Gasteiger partial charge in [0.15, 0.2) is 0 Å². The van der Waals surface area contributed by atoms with Crippen molar-refractivity contribution >= 4 is 12.0 Å². The topological polar surface area (TPSA) is 100 Å². The third kappa shape index (κ3) is 9.63. The van der Waals surface area contributed by atoms with E-state index >= 15 is 0 Å². The number of nitrogens with one attached hydrogen (secondary N) is 2. The molecule has 2 atom stereocenters. The Balaban J connectivity index is 1.63. The highest BCUT2D eigenvalue weighted by molar-refractivity contribution is 5.77. The maximum Gasteiger partial charge on any atom is 0.407 e. The van der Waals surface area contributed by atoms with Crippen LogP contribution in [0.15, 0.2) is 60.7 Å². The van der Waals surface area contributed by atoms with Gasteiger partial charge in [-0.15, -0.1) is 0 Å². The van der Waals surface area contributed by atoms with Gasteiger partial charge in [-0.1, -0.05) is 67.6 Å². The maximum absolute atomic E-state index is 12.4. The molecule has 32 heavy (non-hydrogen) atoms. The smallest absolute Gasteiger partial charge is 0.407 e. The summed E-state index contributed by atoms with van der Waals surface area (Å²) in [5.74, 6) is -0.247. The second-order valence-electron chi connectivity index (χ2n) is 8.04. The molecule has 0 saturated heterocycles. The number of nitriles is 1. The summed E-state index contributed by atoms with van der Waals surface area (Å²) in [7, 11) is 0. The summed E-state index contributed by atoms with van der Waals surface area (Å²) in [6.07, 6.45) is 0.281. The molecule has 2 amide bonds. The van der Waals surface area contributed by atoms with Gasteiger partial charge in [-0.2, -0.15) is 5.26 Å². The first-order chi connectivity index (χ1) is 15.4. The lowest BCUT2D eigenvalue weighted by Crippen LogP contribution is -2.48. The van der Waals surface area contributed by atoms with Crippen LogP contribution in [0.2, 0.25) is 0 Å². The van der Waals surface area contributed by atoms with Crippen LogP contribution in [0.4, 0.5) is 4.79 Å². The standard InChI is InChI=1S/C25H31N3O4/c1-20(13-14-32-24(30)27-16-21-9-5-3-6-10-21)15-23(29)28-25(2,18-26)19-31-17-22-11-7-4-8-12-22/h3-12,20H,13-17,19H2,1-2H3,(H,27,30)(H,28,29). The van der Waals surface area contributed by atoms with Crippen molar-refractivity contribution in [1.82, 2.24) is 10.6 Å². The average Bonchev–Trinajstić information content (AvgIpc) is 2.79. The first-order valence-electron chi connectivity index (χ1n) is 10.7. The number of carbonyl (C=O) groups excluding carboxylic acids is 2. The number of hydrogen-bond acceptors (Lipinski definition) is 5. The van der Waals surface area contributed by atoms with Crippen molar-refractivity contribution in [3.8, 4) is 6.07 Å². The lowest BCUT2D eigenvalue weighted by atomic mass is 10.0. The highest BCUT2D eigenvalue weighted by Gasteiger charge is 2.27. The highest BCUT2D eigenvalue weighted by atomic mass is 16.5. The van der Waals surface area contributed by atoms with Crippen LogP contribution in [0.1, 0.15) is 37.8 Å². The molecular formula is C25H31N3O4. The molecule has 0 bridgehead atoms. The van der Waals surface area contributed by atoms with Gasteiger partial charge in [0, 0.05) is 13.0 Å². The minimum atomic E-state index is -1.11. The Hall–Kier alpha value is -3.37. The maximum atomic E-state index is 12.4. The molecule has 0 aliphatic rings. The van der Waals surface area contributed by atoms with E-state index in [-0.39, 0.29) is 31.5 Å². The van der Waals surface area contributed by atoms with Crippen LogP contribution in [-0.4, -0.2) is 30.8 Å². The number of amides is 2. The molecule has 0 aliphatic heterocycles. The molecule has 2 aromatic rings. The molecule has 0 aliphatic carbocycles. The lowest BCUT2D eigenvalue weighted by Gasteiger charge is -2.24. The Bertz CT molecular complexity index is 883. The van der Waals surface area contributed by atoms with Gasteiger partial charge < -0.3 is 20.1 Å². The van der Waals surface area contributed by atoms with E-state index in [2.05, 4.69) is 16.7 Å². The second kappa shape index (κ2) is 13.1. The van der Waals surface area contributed by atoms with E-state index in [9.17, 15) is 14.9 Å². The Morgan fingerprint density at radius 3 is 2.31 bits per heavy atom. The van der Waals surface area contributed by atoms with Gasteiger partial charge in [0.2, 0.25) is 5.91 Å². The van der Waals surface area contributed by atoms with E-state index in [4.69, 9.17) is 9.47 Å². The van der Waals surface area contributed by atoms with E-state index in [1.54, 1.807) is 6.92 Å². The SMILES string of the molecule is CC(CCOC(=O)NCc1ccccc1)CC(=O)NC(C)(C#N)COCc1ccccc1. The van der Waals surface area contributed by atoms with Gasteiger partial charge in [-0.3, -0.25) is 4.79 Å². The largest absolute Gasteiger partial charge is 0.450 e. The molecule has 7 nitrogen and oxygen atoms in total. The normalized spacial score (nSPS) is 13.3. The Morgan fingerprint density at radius 1 is 1.06 bits per heavy atom. The second-order valence-corrected chi connectivity index (χ2v) is 8.04. The summed E-state index contributed by atoms with van der Waals surface area (Å²) in [5, 5.41) is 14.9. The molecule has 2 N–H and O–H groups in total. The molecule has 0 radical (unpaired) electrons. The number of alkyl carbamates (subject to hydrolysis) is 1. The van der Waals surface area contributed by atoms with Crippen molar-refractivity contribution < 1.29 is 19.1 Å². The zero-order chi connectivity index (χ0) is 23.2. The van der Waals surface area contributed by atoms with E-state index in [0.29, 0.717) is 19.6 Å². The monoisotopic (exact) mass is 437 g/mol. The van der Waals surface area contributed by atoms with Crippen LogP contribution < -0.4 is 10.6 Å². The number of carbonyl (C=O) groups is 2. The first kappa shape index (κ1) is 24.9. The number of benzene rings is 2. The van der Waals surface area contributed by atoms with Gasteiger partial charge in [0.1, 0.15) is 5.54 Å². The number of ether oxygens (including phenoxy) is 2. The summed E-state index contributed by atoms with van der Waals surface area (Å²) in [4.78, 5) is 24.2. The molecular weight excluding hydrogens is 406 g/mol. The van der Waals surface area contributed by atoms with Gasteiger partial charge in [0.25, 0.3) is 0 Å². The summed E-state index contributed by atoms with van der Waals surface area (Å²) >= 11 is 0. The van der Waals surface area contributed by atoms with Crippen molar-refractivity contribution in [2.45, 2.75) is 45.4 Å². The number of hydrogen-bond donors (Lipinski definition) is 2. The predicted octanol–water partition coefficient (Wildman–Crippen LogP) is 3.94. The molecule has 2 aromatic carbocycles. The van der Waals surface area contributed by atoms with Crippen LogP contribution in [-0.2, 0) is 27.4 Å². The molecule has 0 heterocycles. The first-order valence-corrected chi connectivity index (χ1v) is 10.7. The fourth-order valence-corrected chi connectivity index (χ4v) is 2.99. The zero-order valence-electron chi connectivity index (χ0n) is 18.7. The number of nitrogens with zero attached hydrogens (tertiary/aromatic N) is 1. The molecule has 170 valence electrons. The summed E-state index contributed by atoms with van der Waals surface area (Å²) < 4.78 is 10.8. The minimum absolute atomic E-state index is 0.00916. The molecule has 2 unspecified atom stereocenters. The van der Waals surface area contributed by atoms with Crippen molar-refractivity contribution in [1.29, 1.82) is 5.26 Å². The van der Waals surface area contributed by atoms with Gasteiger partial charge in [-0.25, -0.2) is 4.79 Å². The van der Waals surface area contributed by atoms with Crippen LogP contribution in [0.25, 0.3) is 0 Å². The van der Waals surface area contributed by atoms with Crippen LogP contribution in [0.5, 0.6) is 0 Å². The van der Waals surface area contributed by atoms with Crippen LogP contribution in [0, 0.1) is 17.2 Å². The predicted molar refractivity (Wildman–Crippen MR) is 121 cm³/mol.